The largest absolute Gasteiger partial charge is 0.480 e. The second kappa shape index (κ2) is 6.85. The quantitative estimate of drug-likeness (QED) is 0.627. The van der Waals surface area contributed by atoms with Gasteiger partial charge in [-0.1, -0.05) is 6.92 Å². The zero-order valence-corrected chi connectivity index (χ0v) is 9.64. The molecule has 1 amide bonds. The standard InChI is InChI=1S/C11H18N2O3/c1-4-6-9(12)11(16)13(7-10(14)15)8(3)5-2/h1,8-9H,5-7,12H2,2-3H3,(H,14,15). The van der Waals surface area contributed by atoms with E-state index in [2.05, 4.69) is 5.92 Å². The molecule has 0 aliphatic carbocycles. The Labute approximate surface area is 95.6 Å². The van der Waals surface area contributed by atoms with E-state index >= 15 is 0 Å². The van der Waals surface area contributed by atoms with Crippen molar-refractivity contribution in [1.82, 2.24) is 4.90 Å². The molecule has 0 saturated heterocycles. The molecular weight excluding hydrogens is 208 g/mol. The van der Waals surface area contributed by atoms with Gasteiger partial charge in [-0.05, 0) is 13.3 Å². The average Bonchev–Trinajstić information content (AvgIpc) is 2.24. The second-order valence-corrected chi connectivity index (χ2v) is 3.63. The minimum atomic E-state index is -1.05. The van der Waals surface area contributed by atoms with Gasteiger partial charge in [-0.25, -0.2) is 0 Å². The van der Waals surface area contributed by atoms with Gasteiger partial charge < -0.3 is 15.7 Å². The summed E-state index contributed by atoms with van der Waals surface area (Å²) in [6.07, 6.45) is 5.85. The van der Waals surface area contributed by atoms with E-state index in [1.807, 2.05) is 6.92 Å². The minimum absolute atomic E-state index is 0.116. The summed E-state index contributed by atoms with van der Waals surface area (Å²) in [4.78, 5) is 23.7. The zero-order valence-electron chi connectivity index (χ0n) is 9.64. The van der Waals surface area contributed by atoms with Gasteiger partial charge in [-0.3, -0.25) is 9.59 Å². The number of nitrogens with zero attached hydrogens (tertiary/aromatic N) is 1. The summed E-state index contributed by atoms with van der Waals surface area (Å²) in [6, 6.07) is -0.981. The summed E-state index contributed by atoms with van der Waals surface area (Å²) in [5.74, 6) is 0.832. The molecule has 0 saturated carbocycles. The van der Waals surface area contributed by atoms with Crippen molar-refractivity contribution >= 4 is 11.9 Å². The summed E-state index contributed by atoms with van der Waals surface area (Å²) in [5.41, 5.74) is 5.57. The fourth-order valence-electron chi connectivity index (χ4n) is 1.24. The molecule has 0 spiro atoms. The SMILES string of the molecule is C#CCC(N)C(=O)N(CC(=O)O)C(C)CC. The number of hydrogen-bond donors (Lipinski definition) is 2. The van der Waals surface area contributed by atoms with Gasteiger partial charge in [0.2, 0.25) is 5.91 Å². The van der Waals surface area contributed by atoms with Crippen molar-refractivity contribution in [3.63, 3.8) is 0 Å². The Bertz CT molecular complexity index is 296. The van der Waals surface area contributed by atoms with Crippen LogP contribution in [0.15, 0.2) is 0 Å². The second-order valence-electron chi connectivity index (χ2n) is 3.63. The number of aliphatic carboxylic acids is 1. The molecule has 0 radical (unpaired) electrons. The van der Waals surface area contributed by atoms with Crippen LogP contribution in [0.4, 0.5) is 0 Å². The molecule has 5 nitrogen and oxygen atoms in total. The zero-order chi connectivity index (χ0) is 12.7. The number of carboxylic acids is 1. The molecule has 0 aliphatic heterocycles. The Balaban J connectivity index is 4.69. The smallest absolute Gasteiger partial charge is 0.323 e. The fourth-order valence-corrected chi connectivity index (χ4v) is 1.24. The van der Waals surface area contributed by atoms with Gasteiger partial charge in [0.25, 0.3) is 0 Å². The molecular formula is C11H18N2O3. The Morgan fingerprint density at radius 1 is 1.56 bits per heavy atom. The van der Waals surface area contributed by atoms with Crippen LogP contribution in [0.2, 0.25) is 0 Å². The summed E-state index contributed by atoms with van der Waals surface area (Å²) < 4.78 is 0. The molecule has 0 aromatic heterocycles. The van der Waals surface area contributed by atoms with E-state index in [1.54, 1.807) is 6.92 Å². The minimum Gasteiger partial charge on any atom is -0.480 e. The van der Waals surface area contributed by atoms with Crippen molar-refractivity contribution in [3.05, 3.63) is 0 Å². The third-order valence-corrected chi connectivity index (χ3v) is 2.37. The van der Waals surface area contributed by atoms with Gasteiger partial charge >= 0.3 is 5.97 Å². The first-order valence-corrected chi connectivity index (χ1v) is 5.15. The Hall–Kier alpha value is -1.54. The molecule has 3 N–H and O–H groups in total. The van der Waals surface area contributed by atoms with E-state index in [1.165, 1.54) is 4.90 Å². The van der Waals surface area contributed by atoms with Crippen molar-refractivity contribution in [2.24, 2.45) is 5.73 Å². The van der Waals surface area contributed by atoms with Crippen LogP contribution in [-0.4, -0.2) is 40.5 Å². The number of carboxylic acid groups (broad SMARTS) is 1. The number of carbonyl (C=O) groups excluding carboxylic acids is 1. The molecule has 0 bridgehead atoms. The van der Waals surface area contributed by atoms with Gasteiger partial charge in [0.1, 0.15) is 6.54 Å². The molecule has 0 rings (SSSR count). The van der Waals surface area contributed by atoms with E-state index in [-0.39, 0.29) is 19.0 Å². The van der Waals surface area contributed by atoms with Crippen LogP contribution in [0, 0.1) is 12.3 Å². The van der Waals surface area contributed by atoms with Crippen LogP contribution in [0.5, 0.6) is 0 Å². The molecule has 5 heteroatoms. The maximum absolute atomic E-state index is 11.8. The van der Waals surface area contributed by atoms with Gasteiger partial charge in [0.05, 0.1) is 6.04 Å². The molecule has 16 heavy (non-hydrogen) atoms. The Morgan fingerprint density at radius 2 is 2.12 bits per heavy atom. The summed E-state index contributed by atoms with van der Waals surface area (Å²) in [6.45, 7) is 3.31. The molecule has 2 atom stereocenters. The van der Waals surface area contributed by atoms with E-state index in [4.69, 9.17) is 17.3 Å². The topological polar surface area (TPSA) is 83.6 Å². The van der Waals surface area contributed by atoms with Crippen LogP contribution in [0.25, 0.3) is 0 Å². The molecule has 0 heterocycles. The van der Waals surface area contributed by atoms with Crippen LogP contribution >= 0.6 is 0 Å². The predicted molar refractivity (Wildman–Crippen MR) is 60.5 cm³/mol. The van der Waals surface area contributed by atoms with E-state index in [0.717, 1.165) is 0 Å². The Morgan fingerprint density at radius 3 is 2.50 bits per heavy atom. The van der Waals surface area contributed by atoms with E-state index in [9.17, 15) is 9.59 Å². The van der Waals surface area contributed by atoms with Crippen LogP contribution in [-0.2, 0) is 9.59 Å². The van der Waals surface area contributed by atoms with Gasteiger partial charge in [-0.2, -0.15) is 0 Å². The fraction of sp³-hybridized carbons (Fsp3) is 0.636. The lowest BCUT2D eigenvalue weighted by Crippen LogP contribution is -2.49. The first kappa shape index (κ1) is 14.5. The number of hydrogen-bond acceptors (Lipinski definition) is 3. The lowest BCUT2D eigenvalue weighted by molar-refractivity contribution is -0.146. The highest BCUT2D eigenvalue weighted by Gasteiger charge is 2.25. The summed E-state index contributed by atoms with van der Waals surface area (Å²) >= 11 is 0. The van der Waals surface area contributed by atoms with Crippen molar-refractivity contribution in [1.29, 1.82) is 0 Å². The molecule has 0 aliphatic rings. The molecule has 2 unspecified atom stereocenters. The highest BCUT2D eigenvalue weighted by atomic mass is 16.4. The monoisotopic (exact) mass is 226 g/mol. The maximum Gasteiger partial charge on any atom is 0.323 e. The van der Waals surface area contributed by atoms with Gasteiger partial charge in [0, 0.05) is 12.5 Å². The van der Waals surface area contributed by atoms with Crippen molar-refractivity contribution in [2.75, 3.05) is 6.54 Å². The molecule has 0 fully saturated rings. The number of nitrogens with two attached hydrogens (primary N) is 1. The summed E-state index contributed by atoms with van der Waals surface area (Å²) in [7, 11) is 0. The van der Waals surface area contributed by atoms with Crippen molar-refractivity contribution in [3.8, 4) is 12.3 Å². The van der Waals surface area contributed by atoms with E-state index < -0.39 is 17.9 Å². The number of amides is 1. The predicted octanol–water partition coefficient (Wildman–Crippen LogP) is 0.0487. The van der Waals surface area contributed by atoms with Crippen LogP contribution in [0.3, 0.4) is 0 Å². The van der Waals surface area contributed by atoms with E-state index in [0.29, 0.717) is 6.42 Å². The highest BCUT2D eigenvalue weighted by molar-refractivity contribution is 5.85. The lowest BCUT2D eigenvalue weighted by atomic mass is 10.1. The van der Waals surface area contributed by atoms with Crippen LogP contribution in [0.1, 0.15) is 26.7 Å². The third kappa shape index (κ3) is 4.32. The highest BCUT2D eigenvalue weighted by Crippen LogP contribution is 2.06. The molecule has 0 aromatic rings. The number of rotatable bonds is 6. The Kier molecular flexibility index (Phi) is 6.19. The van der Waals surface area contributed by atoms with Gasteiger partial charge in [-0.15, -0.1) is 12.3 Å². The number of carbonyl (C=O) groups is 2. The number of terminal acetylenes is 1. The lowest BCUT2D eigenvalue weighted by Gasteiger charge is -2.28. The van der Waals surface area contributed by atoms with Gasteiger partial charge in [0.15, 0.2) is 0 Å². The van der Waals surface area contributed by atoms with Crippen molar-refractivity contribution < 1.29 is 14.7 Å². The summed E-state index contributed by atoms with van der Waals surface area (Å²) in [5, 5.41) is 8.71. The molecule has 0 aromatic carbocycles. The maximum atomic E-state index is 11.8. The normalized spacial score (nSPS) is 13.6. The third-order valence-electron chi connectivity index (χ3n) is 2.37. The first-order chi connectivity index (χ1) is 7.43. The van der Waals surface area contributed by atoms with Crippen molar-refractivity contribution in [2.45, 2.75) is 38.8 Å². The molecule has 90 valence electrons. The average molecular weight is 226 g/mol. The van der Waals surface area contributed by atoms with Crippen LogP contribution < -0.4 is 5.73 Å². The first-order valence-electron chi connectivity index (χ1n) is 5.15.